The topological polar surface area (TPSA) is 139 Å². The summed E-state index contributed by atoms with van der Waals surface area (Å²) < 4.78 is 25.1. The molecule has 2 aromatic heterocycles. The monoisotopic (exact) mass is 451 g/mol. The van der Waals surface area contributed by atoms with Crippen molar-refractivity contribution in [3.63, 3.8) is 0 Å². The van der Waals surface area contributed by atoms with Crippen LogP contribution < -0.4 is 15.8 Å². The first kappa shape index (κ1) is 22.2. The molecule has 1 aromatic carbocycles. The first-order valence-corrected chi connectivity index (χ1v) is 10.3. The molecule has 1 unspecified atom stereocenters. The van der Waals surface area contributed by atoms with E-state index in [2.05, 4.69) is 20.3 Å². The highest BCUT2D eigenvalue weighted by Crippen LogP contribution is 2.36. The summed E-state index contributed by atoms with van der Waals surface area (Å²) in [5.74, 6) is -0.312. The van der Waals surface area contributed by atoms with Crippen LogP contribution in [0.5, 0.6) is 5.75 Å². The molecule has 3 heterocycles. The molecule has 1 aliphatic heterocycles. The van der Waals surface area contributed by atoms with Crippen molar-refractivity contribution in [2.45, 2.75) is 13.0 Å². The summed E-state index contributed by atoms with van der Waals surface area (Å²) in [6.45, 7) is 3.44. The van der Waals surface area contributed by atoms with Crippen LogP contribution in [-0.2, 0) is 4.74 Å². The number of carbonyl (C=O) groups is 1. The Morgan fingerprint density at radius 2 is 2.12 bits per heavy atom. The number of pyridine rings is 1. The van der Waals surface area contributed by atoms with E-state index >= 15 is 0 Å². The summed E-state index contributed by atoms with van der Waals surface area (Å²) in [6.07, 6.45) is 1.24. The minimum absolute atomic E-state index is 0.0410. The number of anilines is 2. The van der Waals surface area contributed by atoms with Crippen molar-refractivity contribution in [3.05, 3.63) is 47.2 Å². The van der Waals surface area contributed by atoms with E-state index in [1.807, 2.05) is 6.07 Å². The van der Waals surface area contributed by atoms with Crippen molar-refractivity contribution < 1.29 is 18.7 Å². The lowest BCUT2D eigenvalue weighted by atomic mass is 10.0. The third-order valence-corrected chi connectivity index (χ3v) is 5.40. The van der Waals surface area contributed by atoms with Gasteiger partial charge in [0.15, 0.2) is 5.75 Å². The first-order chi connectivity index (χ1) is 15.9. The largest absolute Gasteiger partial charge is 0.494 e. The summed E-state index contributed by atoms with van der Waals surface area (Å²) in [6, 6.07) is 5.50. The summed E-state index contributed by atoms with van der Waals surface area (Å²) >= 11 is 0. The number of nitrogens with one attached hydrogen (secondary N) is 1. The number of nitrogens with zero attached hydrogens (tertiary/aromatic N) is 5. The molecule has 0 radical (unpaired) electrons. The van der Waals surface area contributed by atoms with Crippen LogP contribution in [0.15, 0.2) is 24.5 Å². The fourth-order valence-corrected chi connectivity index (χ4v) is 3.77. The van der Waals surface area contributed by atoms with Gasteiger partial charge in [0.1, 0.15) is 41.1 Å². The van der Waals surface area contributed by atoms with Crippen molar-refractivity contribution in [1.82, 2.24) is 19.9 Å². The third-order valence-electron chi connectivity index (χ3n) is 5.40. The van der Waals surface area contributed by atoms with Gasteiger partial charge in [0.05, 0.1) is 37.4 Å². The normalized spacial score (nSPS) is 14.5. The van der Waals surface area contributed by atoms with Crippen LogP contribution in [0, 0.1) is 17.1 Å². The van der Waals surface area contributed by atoms with Crippen LogP contribution in [-0.4, -0.2) is 59.2 Å². The standard InChI is InChI=1S/C22H22FN7O3/c1-12(28-21-15(10-24)20(25)26-11-27-21)18-19(32-2)17(22(31)30-5-7-33-8-6-30)14-9-13(23)3-4-16(14)29-18/h3-4,9,11-12H,5-8H2,1-2H3,(H3,25,26,27,28). The van der Waals surface area contributed by atoms with Gasteiger partial charge in [-0.1, -0.05) is 0 Å². The van der Waals surface area contributed by atoms with Gasteiger partial charge in [0.2, 0.25) is 0 Å². The van der Waals surface area contributed by atoms with E-state index in [0.717, 1.165) is 0 Å². The van der Waals surface area contributed by atoms with Crippen molar-refractivity contribution in [2.75, 3.05) is 44.5 Å². The number of hydrogen-bond acceptors (Lipinski definition) is 9. The quantitative estimate of drug-likeness (QED) is 0.598. The second-order valence-electron chi connectivity index (χ2n) is 7.43. The van der Waals surface area contributed by atoms with Gasteiger partial charge in [0, 0.05) is 18.5 Å². The molecule has 4 rings (SSSR count). The number of halogens is 1. The number of rotatable bonds is 5. The molecule has 33 heavy (non-hydrogen) atoms. The lowest BCUT2D eigenvalue weighted by Gasteiger charge is -2.29. The third kappa shape index (κ3) is 4.20. The molecule has 11 heteroatoms. The molecule has 0 aliphatic carbocycles. The minimum atomic E-state index is -0.549. The lowest BCUT2D eigenvalue weighted by Crippen LogP contribution is -2.41. The SMILES string of the molecule is COc1c(C(C)Nc2ncnc(N)c2C#N)nc2ccc(F)cc2c1C(=O)N1CCOCC1. The van der Waals surface area contributed by atoms with Crippen LogP contribution in [0.4, 0.5) is 16.0 Å². The van der Waals surface area contributed by atoms with Crippen LogP contribution in [0.1, 0.15) is 34.6 Å². The van der Waals surface area contributed by atoms with Gasteiger partial charge in [0.25, 0.3) is 5.91 Å². The molecule has 0 spiro atoms. The number of nitriles is 1. The molecule has 10 nitrogen and oxygen atoms in total. The molecule has 0 bridgehead atoms. The van der Waals surface area contributed by atoms with Gasteiger partial charge in [-0.05, 0) is 25.1 Å². The van der Waals surface area contributed by atoms with Crippen molar-refractivity contribution in [3.8, 4) is 11.8 Å². The van der Waals surface area contributed by atoms with Crippen LogP contribution in [0.25, 0.3) is 10.9 Å². The Balaban J connectivity index is 1.85. The van der Waals surface area contributed by atoms with Crippen LogP contribution in [0.3, 0.4) is 0 Å². The number of carbonyl (C=O) groups excluding carboxylic acids is 1. The number of aromatic nitrogens is 3. The van der Waals surface area contributed by atoms with Crippen molar-refractivity contribution in [2.24, 2.45) is 0 Å². The molecule has 1 aliphatic rings. The second kappa shape index (κ2) is 9.22. The Hall–Kier alpha value is -4.04. The van der Waals surface area contributed by atoms with E-state index in [1.54, 1.807) is 11.8 Å². The van der Waals surface area contributed by atoms with Crippen molar-refractivity contribution >= 4 is 28.4 Å². The lowest BCUT2D eigenvalue weighted by molar-refractivity contribution is 0.0302. The number of benzene rings is 1. The molecule has 1 amide bonds. The summed E-state index contributed by atoms with van der Waals surface area (Å²) in [5, 5.41) is 12.9. The highest BCUT2D eigenvalue weighted by atomic mass is 19.1. The van der Waals surface area contributed by atoms with Crippen LogP contribution in [0.2, 0.25) is 0 Å². The number of methoxy groups -OCH3 is 1. The number of nitrogen functional groups attached to an aromatic ring is 1. The predicted octanol–water partition coefficient (Wildman–Crippen LogP) is 2.27. The maximum Gasteiger partial charge on any atom is 0.258 e. The number of amides is 1. The molecule has 1 saturated heterocycles. The number of morpholine rings is 1. The number of nitrogens with two attached hydrogens (primary N) is 1. The van der Waals surface area contributed by atoms with E-state index < -0.39 is 11.9 Å². The zero-order chi connectivity index (χ0) is 23.5. The Kier molecular flexibility index (Phi) is 6.19. The van der Waals surface area contributed by atoms with Gasteiger partial charge < -0.3 is 25.4 Å². The predicted molar refractivity (Wildman–Crippen MR) is 118 cm³/mol. The Bertz CT molecular complexity index is 1250. The van der Waals surface area contributed by atoms with E-state index in [-0.39, 0.29) is 34.4 Å². The summed E-state index contributed by atoms with van der Waals surface area (Å²) in [7, 11) is 1.43. The highest BCUT2D eigenvalue weighted by molar-refractivity contribution is 6.09. The fourth-order valence-electron chi connectivity index (χ4n) is 3.77. The smallest absolute Gasteiger partial charge is 0.258 e. The summed E-state index contributed by atoms with van der Waals surface area (Å²) in [4.78, 5) is 27.7. The number of hydrogen-bond donors (Lipinski definition) is 2. The van der Waals surface area contributed by atoms with E-state index in [1.165, 1.54) is 31.6 Å². The van der Waals surface area contributed by atoms with E-state index in [0.29, 0.717) is 42.9 Å². The van der Waals surface area contributed by atoms with Crippen molar-refractivity contribution in [1.29, 1.82) is 5.26 Å². The summed E-state index contributed by atoms with van der Waals surface area (Å²) in [5.41, 5.74) is 6.93. The Labute approximate surface area is 189 Å². The molecule has 170 valence electrons. The average Bonchev–Trinajstić information content (AvgIpc) is 2.83. The Morgan fingerprint density at radius 1 is 1.36 bits per heavy atom. The second-order valence-corrected chi connectivity index (χ2v) is 7.43. The fraction of sp³-hybridized carbons (Fsp3) is 0.318. The zero-order valence-corrected chi connectivity index (χ0v) is 18.1. The van der Waals surface area contributed by atoms with Gasteiger partial charge in [-0.25, -0.2) is 19.3 Å². The molecule has 3 aromatic rings. The highest BCUT2D eigenvalue weighted by Gasteiger charge is 2.29. The van der Waals surface area contributed by atoms with E-state index in [4.69, 9.17) is 15.2 Å². The van der Waals surface area contributed by atoms with Crippen LogP contribution >= 0.6 is 0 Å². The zero-order valence-electron chi connectivity index (χ0n) is 18.1. The molecular formula is C22H22FN7O3. The van der Waals surface area contributed by atoms with Gasteiger partial charge in [-0.3, -0.25) is 4.79 Å². The van der Waals surface area contributed by atoms with Gasteiger partial charge >= 0.3 is 0 Å². The first-order valence-electron chi connectivity index (χ1n) is 10.3. The number of ether oxygens (including phenoxy) is 2. The molecular weight excluding hydrogens is 429 g/mol. The Morgan fingerprint density at radius 3 is 2.82 bits per heavy atom. The molecule has 1 atom stereocenters. The van der Waals surface area contributed by atoms with Gasteiger partial charge in [-0.2, -0.15) is 5.26 Å². The maximum absolute atomic E-state index is 14.1. The van der Waals surface area contributed by atoms with Gasteiger partial charge in [-0.15, -0.1) is 0 Å². The number of fused-ring (bicyclic) bond motifs is 1. The molecule has 0 saturated carbocycles. The molecule has 1 fully saturated rings. The molecule has 3 N–H and O–H groups in total. The maximum atomic E-state index is 14.1. The van der Waals surface area contributed by atoms with E-state index in [9.17, 15) is 14.4 Å². The minimum Gasteiger partial charge on any atom is -0.494 e. The average molecular weight is 451 g/mol.